The number of carbonyl (C=O) groups is 1. The van der Waals surface area contributed by atoms with E-state index >= 15 is 0 Å². The van der Waals surface area contributed by atoms with Crippen LogP contribution in [0.3, 0.4) is 0 Å². The highest BCUT2D eigenvalue weighted by atomic mass is 16.5. The molecule has 0 saturated heterocycles. The van der Waals surface area contributed by atoms with E-state index in [-0.39, 0.29) is 11.7 Å². The first-order valence-corrected chi connectivity index (χ1v) is 6.14. The van der Waals surface area contributed by atoms with E-state index < -0.39 is 0 Å². The van der Waals surface area contributed by atoms with Crippen LogP contribution in [0.5, 0.6) is 11.5 Å². The van der Waals surface area contributed by atoms with Gasteiger partial charge in [0.2, 0.25) is 0 Å². The van der Waals surface area contributed by atoms with Crippen LogP contribution in [0, 0.1) is 0 Å². The summed E-state index contributed by atoms with van der Waals surface area (Å²) in [5.74, 6) is 1.90. The van der Waals surface area contributed by atoms with Crippen molar-refractivity contribution in [3.8, 4) is 11.5 Å². The number of hydrogen-bond acceptors (Lipinski definition) is 3. The highest BCUT2D eigenvalue weighted by molar-refractivity contribution is 6.04. The predicted octanol–water partition coefficient (Wildman–Crippen LogP) is 3.17. The zero-order valence-electron chi connectivity index (χ0n) is 10.6. The fraction of sp³-hybridized carbons (Fsp3) is 0.500. The largest absolute Gasteiger partial charge is 0.494 e. The van der Waals surface area contributed by atoms with Gasteiger partial charge in [-0.15, -0.1) is 0 Å². The maximum Gasteiger partial charge on any atom is 0.167 e. The number of benzene rings is 1. The van der Waals surface area contributed by atoms with Crippen molar-refractivity contribution in [3.05, 3.63) is 23.3 Å². The Bertz CT molecular complexity index is 437. The lowest BCUT2D eigenvalue weighted by molar-refractivity contribution is 0.0987. The fourth-order valence-electron chi connectivity index (χ4n) is 2.40. The quantitative estimate of drug-likeness (QED) is 0.802. The first-order valence-electron chi connectivity index (χ1n) is 6.14. The van der Waals surface area contributed by atoms with Crippen LogP contribution < -0.4 is 9.47 Å². The van der Waals surface area contributed by atoms with Gasteiger partial charge < -0.3 is 9.47 Å². The molecule has 3 heteroatoms. The number of hydrogen-bond donors (Lipinski definition) is 0. The van der Waals surface area contributed by atoms with Gasteiger partial charge in [0, 0.05) is 12.0 Å². The third-order valence-electron chi connectivity index (χ3n) is 3.03. The van der Waals surface area contributed by atoms with Crippen molar-refractivity contribution >= 4 is 5.78 Å². The van der Waals surface area contributed by atoms with E-state index in [0.29, 0.717) is 25.4 Å². The molecule has 17 heavy (non-hydrogen) atoms. The molecule has 1 atom stereocenters. The Balaban J connectivity index is 2.53. The molecule has 92 valence electrons. The Morgan fingerprint density at radius 2 is 1.76 bits per heavy atom. The summed E-state index contributed by atoms with van der Waals surface area (Å²) in [6.07, 6.45) is 0.555. The normalized spacial score (nSPS) is 18.1. The maximum absolute atomic E-state index is 12.0. The number of Topliss-reactive ketones (excluding diaryl/α,β-unsaturated/α-hetero) is 1. The Labute approximate surface area is 102 Å². The molecular formula is C14H18O3. The predicted molar refractivity (Wildman–Crippen MR) is 66.1 cm³/mol. The molecule has 0 fully saturated rings. The lowest BCUT2D eigenvalue weighted by Gasteiger charge is -2.14. The van der Waals surface area contributed by atoms with E-state index in [1.54, 1.807) is 0 Å². The van der Waals surface area contributed by atoms with Crippen molar-refractivity contribution < 1.29 is 14.3 Å². The molecule has 1 aliphatic carbocycles. The van der Waals surface area contributed by atoms with Crippen molar-refractivity contribution in [1.29, 1.82) is 0 Å². The van der Waals surface area contributed by atoms with E-state index in [0.717, 1.165) is 16.9 Å². The molecule has 0 saturated carbocycles. The minimum atomic E-state index is 0.164. The molecule has 0 spiro atoms. The van der Waals surface area contributed by atoms with Crippen LogP contribution in [-0.4, -0.2) is 19.0 Å². The topological polar surface area (TPSA) is 35.5 Å². The van der Waals surface area contributed by atoms with Crippen molar-refractivity contribution in [3.63, 3.8) is 0 Å². The molecule has 0 N–H and O–H groups in total. The zero-order chi connectivity index (χ0) is 12.4. The van der Waals surface area contributed by atoms with E-state index in [2.05, 4.69) is 6.92 Å². The van der Waals surface area contributed by atoms with Crippen LogP contribution in [-0.2, 0) is 0 Å². The zero-order valence-corrected chi connectivity index (χ0v) is 10.6. The standard InChI is InChI=1S/C14H18O3/c1-4-16-11-6-7-12(17-5-2)14-10(15)8-9(3)13(11)14/h6-7,9H,4-5,8H2,1-3H3. The van der Waals surface area contributed by atoms with E-state index in [1.807, 2.05) is 26.0 Å². The second kappa shape index (κ2) is 4.78. The number of fused-ring (bicyclic) bond motifs is 1. The van der Waals surface area contributed by atoms with Gasteiger partial charge in [-0.05, 0) is 31.9 Å². The second-order valence-corrected chi connectivity index (χ2v) is 4.24. The van der Waals surface area contributed by atoms with Crippen LogP contribution in [0.4, 0.5) is 0 Å². The van der Waals surface area contributed by atoms with Crippen molar-refractivity contribution in [2.45, 2.75) is 33.1 Å². The van der Waals surface area contributed by atoms with E-state index in [1.165, 1.54) is 0 Å². The Kier molecular flexibility index (Phi) is 3.36. The third-order valence-corrected chi connectivity index (χ3v) is 3.03. The Morgan fingerprint density at radius 1 is 1.18 bits per heavy atom. The monoisotopic (exact) mass is 234 g/mol. The van der Waals surface area contributed by atoms with Crippen molar-refractivity contribution in [2.75, 3.05) is 13.2 Å². The average Bonchev–Trinajstić information content (AvgIpc) is 2.59. The molecule has 1 aromatic carbocycles. The lowest BCUT2D eigenvalue weighted by atomic mass is 10.0. The highest BCUT2D eigenvalue weighted by Gasteiger charge is 2.32. The SMILES string of the molecule is CCOc1ccc(OCC)c2c1C(=O)CC2C. The van der Waals surface area contributed by atoms with Gasteiger partial charge in [-0.25, -0.2) is 0 Å². The molecule has 0 aliphatic heterocycles. The summed E-state index contributed by atoms with van der Waals surface area (Å²) in [7, 11) is 0. The lowest BCUT2D eigenvalue weighted by Crippen LogP contribution is -2.03. The first kappa shape index (κ1) is 12.0. The third kappa shape index (κ3) is 2.02. The minimum absolute atomic E-state index is 0.164. The number of ether oxygens (including phenoxy) is 2. The summed E-state index contributed by atoms with van der Waals surface area (Å²) in [5.41, 5.74) is 1.74. The molecule has 0 radical (unpaired) electrons. The summed E-state index contributed by atoms with van der Waals surface area (Å²) in [5, 5.41) is 0. The van der Waals surface area contributed by atoms with E-state index in [9.17, 15) is 4.79 Å². The van der Waals surface area contributed by atoms with Gasteiger partial charge >= 0.3 is 0 Å². The van der Waals surface area contributed by atoms with Crippen LogP contribution in [0.1, 0.15) is 49.0 Å². The van der Waals surface area contributed by atoms with Gasteiger partial charge in [0.25, 0.3) is 0 Å². The Morgan fingerprint density at radius 3 is 2.41 bits per heavy atom. The second-order valence-electron chi connectivity index (χ2n) is 4.24. The van der Waals surface area contributed by atoms with Gasteiger partial charge in [0.15, 0.2) is 5.78 Å². The van der Waals surface area contributed by atoms with Gasteiger partial charge in [0.1, 0.15) is 11.5 Å². The average molecular weight is 234 g/mol. The van der Waals surface area contributed by atoms with Crippen molar-refractivity contribution in [1.82, 2.24) is 0 Å². The first-order chi connectivity index (χ1) is 8.19. The number of rotatable bonds is 4. The molecule has 1 unspecified atom stereocenters. The summed E-state index contributed by atoms with van der Waals surface area (Å²) < 4.78 is 11.1. The summed E-state index contributed by atoms with van der Waals surface area (Å²) in [6.45, 7) is 7.11. The molecular weight excluding hydrogens is 216 g/mol. The molecule has 3 nitrogen and oxygen atoms in total. The smallest absolute Gasteiger partial charge is 0.167 e. The van der Waals surface area contributed by atoms with Gasteiger partial charge in [-0.3, -0.25) is 4.79 Å². The molecule has 0 heterocycles. The summed E-state index contributed by atoms with van der Waals surface area (Å²) in [4.78, 5) is 12.0. The van der Waals surface area contributed by atoms with Crippen LogP contribution in [0.2, 0.25) is 0 Å². The number of ketones is 1. The molecule has 1 aromatic rings. The van der Waals surface area contributed by atoms with Gasteiger partial charge in [-0.1, -0.05) is 6.92 Å². The van der Waals surface area contributed by atoms with Crippen molar-refractivity contribution in [2.24, 2.45) is 0 Å². The van der Waals surface area contributed by atoms with E-state index in [4.69, 9.17) is 9.47 Å². The molecule has 1 aliphatic rings. The fourth-order valence-corrected chi connectivity index (χ4v) is 2.40. The summed E-state index contributed by atoms with van der Waals surface area (Å²) >= 11 is 0. The molecule has 0 amide bonds. The van der Waals surface area contributed by atoms with Gasteiger partial charge in [0.05, 0.1) is 18.8 Å². The maximum atomic E-state index is 12.0. The minimum Gasteiger partial charge on any atom is -0.494 e. The Hall–Kier alpha value is -1.51. The molecule has 0 bridgehead atoms. The van der Waals surface area contributed by atoms with Crippen LogP contribution in [0.15, 0.2) is 12.1 Å². The van der Waals surface area contributed by atoms with Crippen LogP contribution in [0.25, 0.3) is 0 Å². The molecule has 2 rings (SSSR count). The van der Waals surface area contributed by atoms with Crippen LogP contribution >= 0.6 is 0 Å². The highest BCUT2D eigenvalue weighted by Crippen LogP contribution is 2.43. The molecule has 0 aromatic heterocycles. The number of carbonyl (C=O) groups excluding carboxylic acids is 1. The van der Waals surface area contributed by atoms with Gasteiger partial charge in [-0.2, -0.15) is 0 Å². The summed E-state index contributed by atoms with van der Waals surface area (Å²) in [6, 6.07) is 3.74.